The summed E-state index contributed by atoms with van der Waals surface area (Å²) in [4.78, 5) is 18.0. The summed E-state index contributed by atoms with van der Waals surface area (Å²) < 4.78 is 5.25. The SMILES string of the molecule is Cc1cnc(CNc2cc([N+](=O)[O-])ccn2)o1. The molecule has 0 aromatic carbocycles. The van der Waals surface area contributed by atoms with Crippen LogP contribution in [0.25, 0.3) is 0 Å². The van der Waals surface area contributed by atoms with E-state index in [1.54, 1.807) is 13.1 Å². The summed E-state index contributed by atoms with van der Waals surface area (Å²) in [6.07, 6.45) is 2.99. The molecule has 7 heteroatoms. The molecule has 1 N–H and O–H groups in total. The van der Waals surface area contributed by atoms with Gasteiger partial charge in [-0.3, -0.25) is 10.1 Å². The fourth-order valence-electron chi connectivity index (χ4n) is 1.28. The fraction of sp³-hybridized carbons (Fsp3) is 0.200. The Morgan fingerprint density at radius 3 is 3.00 bits per heavy atom. The molecule has 17 heavy (non-hydrogen) atoms. The summed E-state index contributed by atoms with van der Waals surface area (Å²) in [5.41, 5.74) is -0.00825. The highest BCUT2D eigenvalue weighted by molar-refractivity contribution is 5.44. The first-order valence-corrected chi connectivity index (χ1v) is 4.91. The van der Waals surface area contributed by atoms with E-state index in [1.165, 1.54) is 18.3 Å². The van der Waals surface area contributed by atoms with Crippen LogP contribution in [0.4, 0.5) is 11.5 Å². The zero-order valence-electron chi connectivity index (χ0n) is 9.08. The average molecular weight is 234 g/mol. The Hall–Kier alpha value is -2.44. The lowest BCUT2D eigenvalue weighted by Gasteiger charge is -2.01. The van der Waals surface area contributed by atoms with Crippen molar-refractivity contribution >= 4 is 11.5 Å². The van der Waals surface area contributed by atoms with Crippen LogP contribution in [-0.4, -0.2) is 14.9 Å². The molecule has 7 nitrogen and oxygen atoms in total. The van der Waals surface area contributed by atoms with E-state index >= 15 is 0 Å². The third kappa shape index (κ3) is 2.77. The smallest absolute Gasteiger partial charge is 0.274 e. The van der Waals surface area contributed by atoms with Crippen molar-refractivity contribution in [2.75, 3.05) is 5.32 Å². The fourth-order valence-corrected chi connectivity index (χ4v) is 1.28. The van der Waals surface area contributed by atoms with E-state index in [4.69, 9.17) is 4.42 Å². The highest BCUT2D eigenvalue weighted by Gasteiger charge is 2.07. The van der Waals surface area contributed by atoms with Gasteiger partial charge >= 0.3 is 0 Å². The molecule has 0 aliphatic heterocycles. The summed E-state index contributed by atoms with van der Waals surface area (Å²) in [6, 6.07) is 2.69. The molecule has 0 saturated heterocycles. The van der Waals surface area contributed by atoms with Crippen LogP contribution in [-0.2, 0) is 6.54 Å². The molecule has 0 bridgehead atoms. The van der Waals surface area contributed by atoms with Crippen molar-refractivity contribution in [2.24, 2.45) is 0 Å². The molecule has 0 atom stereocenters. The molecule has 0 amide bonds. The Labute approximate surface area is 96.7 Å². The van der Waals surface area contributed by atoms with Gasteiger partial charge in [-0.2, -0.15) is 0 Å². The van der Waals surface area contributed by atoms with Crippen molar-refractivity contribution < 1.29 is 9.34 Å². The first-order chi connectivity index (χ1) is 8.15. The Morgan fingerprint density at radius 2 is 2.35 bits per heavy atom. The van der Waals surface area contributed by atoms with Crippen LogP contribution < -0.4 is 5.32 Å². The number of oxazole rings is 1. The zero-order chi connectivity index (χ0) is 12.3. The number of hydrogen-bond acceptors (Lipinski definition) is 6. The van der Waals surface area contributed by atoms with Gasteiger partial charge in [-0.1, -0.05) is 0 Å². The van der Waals surface area contributed by atoms with Crippen molar-refractivity contribution in [3.8, 4) is 0 Å². The van der Waals surface area contributed by atoms with E-state index in [-0.39, 0.29) is 5.69 Å². The normalized spacial score (nSPS) is 10.2. The minimum Gasteiger partial charge on any atom is -0.444 e. The predicted octanol–water partition coefficient (Wildman–Crippen LogP) is 1.90. The highest BCUT2D eigenvalue weighted by atomic mass is 16.6. The second kappa shape index (κ2) is 4.60. The second-order valence-electron chi connectivity index (χ2n) is 3.37. The van der Waals surface area contributed by atoms with Gasteiger partial charge < -0.3 is 9.73 Å². The van der Waals surface area contributed by atoms with Gasteiger partial charge in [0.05, 0.1) is 23.7 Å². The lowest BCUT2D eigenvalue weighted by atomic mass is 10.4. The maximum Gasteiger partial charge on any atom is 0.274 e. The number of aryl methyl sites for hydroxylation is 1. The van der Waals surface area contributed by atoms with Crippen molar-refractivity contribution in [3.63, 3.8) is 0 Å². The van der Waals surface area contributed by atoms with E-state index in [1.807, 2.05) is 0 Å². The molecule has 2 aromatic heterocycles. The quantitative estimate of drug-likeness (QED) is 0.641. The van der Waals surface area contributed by atoms with Crippen LogP contribution in [0.3, 0.4) is 0 Å². The second-order valence-corrected chi connectivity index (χ2v) is 3.37. The average Bonchev–Trinajstić information content (AvgIpc) is 2.73. The Balaban J connectivity index is 2.04. The van der Waals surface area contributed by atoms with E-state index in [2.05, 4.69) is 15.3 Å². The summed E-state index contributed by atoms with van der Waals surface area (Å²) >= 11 is 0. The van der Waals surface area contributed by atoms with Gasteiger partial charge in [-0.25, -0.2) is 9.97 Å². The summed E-state index contributed by atoms with van der Waals surface area (Å²) in [5, 5.41) is 13.4. The third-order valence-corrected chi connectivity index (χ3v) is 2.04. The molecule has 88 valence electrons. The molecule has 2 rings (SSSR count). The van der Waals surface area contributed by atoms with Gasteiger partial charge in [0.1, 0.15) is 11.6 Å². The largest absolute Gasteiger partial charge is 0.444 e. The minimum absolute atomic E-state index is 0.00825. The molecule has 0 saturated carbocycles. The third-order valence-electron chi connectivity index (χ3n) is 2.04. The van der Waals surface area contributed by atoms with Crippen LogP contribution in [0, 0.1) is 17.0 Å². The van der Waals surface area contributed by atoms with Crippen molar-refractivity contribution in [1.82, 2.24) is 9.97 Å². The molecule has 0 fully saturated rings. The number of aromatic nitrogens is 2. The molecule has 0 unspecified atom stereocenters. The van der Waals surface area contributed by atoms with E-state index in [0.29, 0.717) is 24.0 Å². The standard InChI is InChI=1S/C10H10N4O3/c1-7-5-13-10(17-7)6-12-9-4-8(14(15)16)2-3-11-9/h2-5H,6H2,1H3,(H,11,12). The van der Waals surface area contributed by atoms with E-state index < -0.39 is 4.92 Å². The summed E-state index contributed by atoms with van der Waals surface area (Å²) in [5.74, 6) is 1.64. The number of nitrogens with zero attached hydrogens (tertiary/aromatic N) is 3. The number of hydrogen-bond donors (Lipinski definition) is 1. The van der Waals surface area contributed by atoms with Crippen molar-refractivity contribution in [3.05, 3.63) is 46.3 Å². The van der Waals surface area contributed by atoms with Gasteiger partial charge in [0.25, 0.3) is 5.69 Å². The molecule has 0 radical (unpaired) electrons. The number of anilines is 1. The van der Waals surface area contributed by atoms with Crippen molar-refractivity contribution in [2.45, 2.75) is 13.5 Å². The first kappa shape index (κ1) is 11.1. The van der Waals surface area contributed by atoms with Crippen LogP contribution in [0.15, 0.2) is 28.9 Å². The van der Waals surface area contributed by atoms with Gasteiger partial charge in [0, 0.05) is 12.3 Å². The molecular weight excluding hydrogens is 224 g/mol. The molecule has 2 heterocycles. The van der Waals surface area contributed by atoms with E-state index in [0.717, 1.165) is 0 Å². The van der Waals surface area contributed by atoms with Crippen LogP contribution in [0.2, 0.25) is 0 Å². The lowest BCUT2D eigenvalue weighted by molar-refractivity contribution is -0.384. The first-order valence-electron chi connectivity index (χ1n) is 4.91. The maximum atomic E-state index is 10.5. The van der Waals surface area contributed by atoms with Gasteiger partial charge in [-0.05, 0) is 6.92 Å². The Morgan fingerprint density at radius 1 is 1.53 bits per heavy atom. The van der Waals surface area contributed by atoms with Crippen LogP contribution >= 0.6 is 0 Å². The van der Waals surface area contributed by atoms with E-state index in [9.17, 15) is 10.1 Å². The number of nitrogens with one attached hydrogen (secondary N) is 1. The minimum atomic E-state index is -0.470. The molecule has 0 aliphatic carbocycles. The molecule has 2 aromatic rings. The number of rotatable bonds is 4. The number of nitro groups is 1. The van der Waals surface area contributed by atoms with Gasteiger partial charge in [-0.15, -0.1) is 0 Å². The summed E-state index contributed by atoms with van der Waals surface area (Å²) in [6.45, 7) is 2.13. The lowest BCUT2D eigenvalue weighted by Crippen LogP contribution is -2.02. The Bertz CT molecular complexity index is 538. The molecule has 0 aliphatic rings. The van der Waals surface area contributed by atoms with Gasteiger partial charge in [0.2, 0.25) is 5.89 Å². The van der Waals surface area contributed by atoms with Crippen molar-refractivity contribution in [1.29, 1.82) is 0 Å². The summed E-state index contributed by atoms with van der Waals surface area (Å²) in [7, 11) is 0. The topological polar surface area (TPSA) is 94.1 Å². The Kier molecular flexibility index (Phi) is 2.99. The monoisotopic (exact) mass is 234 g/mol. The molecular formula is C10H10N4O3. The predicted molar refractivity (Wildman–Crippen MR) is 59.5 cm³/mol. The highest BCUT2D eigenvalue weighted by Crippen LogP contribution is 2.14. The van der Waals surface area contributed by atoms with Gasteiger partial charge in [0.15, 0.2) is 0 Å². The number of pyridine rings is 1. The zero-order valence-corrected chi connectivity index (χ0v) is 9.08. The maximum absolute atomic E-state index is 10.5. The van der Waals surface area contributed by atoms with Crippen LogP contribution in [0.5, 0.6) is 0 Å². The van der Waals surface area contributed by atoms with Crippen LogP contribution in [0.1, 0.15) is 11.7 Å². The molecule has 0 spiro atoms.